The minimum Gasteiger partial charge on any atom is -0.465 e. The van der Waals surface area contributed by atoms with Crippen molar-refractivity contribution in [1.29, 1.82) is 0 Å². The van der Waals surface area contributed by atoms with Crippen LogP contribution in [-0.4, -0.2) is 49.7 Å². The molecule has 0 aliphatic carbocycles. The lowest BCUT2D eigenvalue weighted by atomic mass is 9.95. The standard InChI is InChI=1S/C56H111NO4/c1-7-12-17-22-25-26-29-40-49-57(6)54(45-36-30-38-47-55(58)60-50-52(41-32-20-15-10-4)43-34-27-23-18-13-8-2)46-37-31-39-48-56(59)61-51-53(42-33-21-16-11-5)44-35-28-24-19-14-9-3/h52-54H,7-51H2,1-6H3. The lowest BCUT2D eigenvalue weighted by Crippen LogP contribution is -2.32. The Balaban J connectivity index is 4.79. The van der Waals surface area contributed by atoms with Crippen LogP contribution in [0, 0.1) is 11.8 Å². The van der Waals surface area contributed by atoms with Gasteiger partial charge in [-0.15, -0.1) is 0 Å². The summed E-state index contributed by atoms with van der Waals surface area (Å²) in [5, 5.41) is 0. The lowest BCUT2D eigenvalue weighted by molar-refractivity contribution is -0.146. The van der Waals surface area contributed by atoms with Crippen LogP contribution in [-0.2, 0) is 19.1 Å². The second-order valence-corrected chi connectivity index (χ2v) is 19.7. The van der Waals surface area contributed by atoms with Crippen LogP contribution in [0.5, 0.6) is 0 Å². The summed E-state index contributed by atoms with van der Waals surface area (Å²) in [5.74, 6) is 1.10. The van der Waals surface area contributed by atoms with Crippen molar-refractivity contribution in [2.45, 2.75) is 310 Å². The molecule has 0 aromatic heterocycles. The van der Waals surface area contributed by atoms with Crippen molar-refractivity contribution in [3.05, 3.63) is 0 Å². The highest BCUT2D eigenvalue weighted by molar-refractivity contribution is 5.69. The summed E-state index contributed by atoms with van der Waals surface area (Å²) in [5.41, 5.74) is 0. The molecule has 0 amide bonds. The fourth-order valence-corrected chi connectivity index (χ4v) is 9.25. The molecule has 0 N–H and O–H groups in total. The van der Waals surface area contributed by atoms with Crippen molar-refractivity contribution in [2.75, 3.05) is 26.8 Å². The lowest BCUT2D eigenvalue weighted by Gasteiger charge is -2.28. The zero-order valence-corrected chi connectivity index (χ0v) is 42.6. The number of unbranched alkanes of at least 4 members (excludes halogenated alkanes) is 27. The molecule has 0 aliphatic rings. The van der Waals surface area contributed by atoms with Gasteiger partial charge in [-0.1, -0.05) is 234 Å². The van der Waals surface area contributed by atoms with E-state index in [4.69, 9.17) is 9.47 Å². The fraction of sp³-hybridized carbons (Fsp3) is 0.964. The zero-order chi connectivity index (χ0) is 44.7. The van der Waals surface area contributed by atoms with E-state index in [9.17, 15) is 9.59 Å². The van der Waals surface area contributed by atoms with Crippen molar-refractivity contribution >= 4 is 11.9 Å². The Morgan fingerprint density at radius 2 is 0.607 bits per heavy atom. The third-order valence-corrected chi connectivity index (χ3v) is 13.6. The van der Waals surface area contributed by atoms with Gasteiger partial charge in [-0.25, -0.2) is 0 Å². The minimum absolute atomic E-state index is 0.0173. The molecule has 0 rings (SSSR count). The Bertz CT molecular complexity index is 836. The predicted octanol–water partition coefficient (Wildman–Crippen LogP) is 18.1. The Morgan fingerprint density at radius 1 is 0.344 bits per heavy atom. The largest absolute Gasteiger partial charge is 0.465 e. The molecule has 5 heteroatoms. The highest BCUT2D eigenvalue weighted by Gasteiger charge is 2.17. The molecule has 2 unspecified atom stereocenters. The summed E-state index contributed by atoms with van der Waals surface area (Å²) in [4.78, 5) is 28.3. The van der Waals surface area contributed by atoms with E-state index in [1.165, 1.54) is 238 Å². The van der Waals surface area contributed by atoms with Crippen LogP contribution in [0.4, 0.5) is 0 Å². The number of carbonyl (C=O) groups excluding carboxylic acids is 2. The van der Waals surface area contributed by atoms with Gasteiger partial charge in [-0.3, -0.25) is 9.59 Å². The third kappa shape index (κ3) is 42.6. The van der Waals surface area contributed by atoms with Gasteiger partial charge in [0.15, 0.2) is 0 Å². The molecular weight excluding hydrogens is 751 g/mol. The first kappa shape index (κ1) is 59.9. The molecule has 0 saturated heterocycles. The van der Waals surface area contributed by atoms with E-state index in [0.29, 0.717) is 43.9 Å². The molecule has 0 heterocycles. The summed E-state index contributed by atoms with van der Waals surface area (Å²) in [6.45, 7) is 13.8. The first-order valence-corrected chi connectivity index (χ1v) is 27.9. The maximum Gasteiger partial charge on any atom is 0.305 e. The van der Waals surface area contributed by atoms with Crippen molar-refractivity contribution in [3.63, 3.8) is 0 Å². The van der Waals surface area contributed by atoms with Crippen LogP contribution in [0.1, 0.15) is 304 Å². The third-order valence-electron chi connectivity index (χ3n) is 13.6. The number of hydrogen-bond donors (Lipinski definition) is 0. The average molecular weight is 863 g/mol. The van der Waals surface area contributed by atoms with Crippen LogP contribution < -0.4 is 0 Å². The van der Waals surface area contributed by atoms with E-state index in [0.717, 1.165) is 25.7 Å². The second kappa shape index (κ2) is 48.4. The smallest absolute Gasteiger partial charge is 0.305 e. The van der Waals surface area contributed by atoms with Crippen LogP contribution in [0.25, 0.3) is 0 Å². The second-order valence-electron chi connectivity index (χ2n) is 19.7. The highest BCUT2D eigenvalue weighted by atomic mass is 16.5. The maximum atomic E-state index is 12.8. The van der Waals surface area contributed by atoms with Gasteiger partial charge in [0.25, 0.3) is 0 Å². The van der Waals surface area contributed by atoms with Gasteiger partial charge in [0.2, 0.25) is 0 Å². The van der Waals surface area contributed by atoms with E-state index in [1.807, 2.05) is 0 Å². The maximum absolute atomic E-state index is 12.8. The molecule has 0 aromatic carbocycles. The molecule has 0 aromatic rings. The number of nitrogens with zero attached hydrogens (tertiary/aromatic N) is 1. The van der Waals surface area contributed by atoms with Crippen LogP contribution in [0.2, 0.25) is 0 Å². The first-order chi connectivity index (χ1) is 29.9. The molecule has 0 radical (unpaired) electrons. The number of esters is 2. The topological polar surface area (TPSA) is 55.8 Å². The van der Waals surface area contributed by atoms with Gasteiger partial charge in [0.05, 0.1) is 13.2 Å². The predicted molar refractivity (Wildman–Crippen MR) is 268 cm³/mol. The minimum atomic E-state index is 0.0173. The Labute approximate surface area is 383 Å². The van der Waals surface area contributed by atoms with Crippen LogP contribution in [0.3, 0.4) is 0 Å². The van der Waals surface area contributed by atoms with Crippen molar-refractivity contribution in [3.8, 4) is 0 Å². The molecule has 0 fully saturated rings. The summed E-state index contributed by atoms with van der Waals surface area (Å²) in [7, 11) is 2.34. The normalized spacial score (nSPS) is 13.2. The zero-order valence-electron chi connectivity index (χ0n) is 42.6. The van der Waals surface area contributed by atoms with E-state index >= 15 is 0 Å². The van der Waals surface area contributed by atoms with Gasteiger partial charge in [0.1, 0.15) is 0 Å². The molecule has 2 atom stereocenters. The molecule has 0 spiro atoms. The van der Waals surface area contributed by atoms with Gasteiger partial charge >= 0.3 is 11.9 Å². The average Bonchev–Trinajstić information content (AvgIpc) is 3.26. The fourth-order valence-electron chi connectivity index (χ4n) is 9.25. The quantitative estimate of drug-likeness (QED) is 0.0450. The SMILES string of the molecule is CCCCCCCCCCN(C)C(CCCCCC(=O)OCC(CCCCCC)CCCCCCCC)CCCCCC(=O)OCC(CCCCCC)CCCCCCCC. The molecule has 0 saturated carbocycles. The molecule has 5 nitrogen and oxygen atoms in total. The van der Waals surface area contributed by atoms with E-state index in [-0.39, 0.29) is 11.9 Å². The molecule has 0 bridgehead atoms. The van der Waals surface area contributed by atoms with Gasteiger partial charge in [-0.2, -0.15) is 0 Å². The van der Waals surface area contributed by atoms with Crippen LogP contribution in [0.15, 0.2) is 0 Å². The molecule has 0 aliphatic heterocycles. The summed E-state index contributed by atoms with van der Waals surface area (Å²) in [6, 6.07) is 0.578. The monoisotopic (exact) mass is 862 g/mol. The number of carbonyl (C=O) groups is 2. The van der Waals surface area contributed by atoms with Gasteiger partial charge < -0.3 is 14.4 Å². The van der Waals surface area contributed by atoms with Crippen LogP contribution >= 0.6 is 0 Å². The van der Waals surface area contributed by atoms with Crippen molar-refractivity contribution < 1.29 is 19.1 Å². The van der Waals surface area contributed by atoms with Gasteiger partial charge in [0, 0.05) is 18.9 Å². The first-order valence-electron chi connectivity index (χ1n) is 27.9. The van der Waals surface area contributed by atoms with E-state index < -0.39 is 0 Å². The number of ether oxygens (including phenoxy) is 2. The molecule has 364 valence electrons. The summed E-state index contributed by atoms with van der Waals surface area (Å²) in [6.07, 6.45) is 51.9. The number of hydrogen-bond acceptors (Lipinski definition) is 5. The number of rotatable bonds is 50. The highest BCUT2D eigenvalue weighted by Crippen LogP contribution is 2.23. The Morgan fingerprint density at radius 3 is 0.951 bits per heavy atom. The van der Waals surface area contributed by atoms with E-state index in [2.05, 4.69) is 46.6 Å². The molecular formula is C56H111NO4. The summed E-state index contributed by atoms with van der Waals surface area (Å²) >= 11 is 0. The van der Waals surface area contributed by atoms with E-state index in [1.54, 1.807) is 0 Å². The Hall–Kier alpha value is -1.10. The van der Waals surface area contributed by atoms with Gasteiger partial charge in [-0.05, 0) is 83.2 Å². The van der Waals surface area contributed by atoms with Crippen molar-refractivity contribution in [2.24, 2.45) is 11.8 Å². The Kier molecular flexibility index (Phi) is 47.5. The van der Waals surface area contributed by atoms with Crippen molar-refractivity contribution in [1.82, 2.24) is 4.90 Å². The molecule has 61 heavy (non-hydrogen) atoms. The summed E-state index contributed by atoms with van der Waals surface area (Å²) < 4.78 is 11.8.